The Morgan fingerprint density at radius 2 is 2.03 bits per heavy atom. The first-order valence-electron chi connectivity index (χ1n) is 11.3. The molecule has 0 saturated heterocycles. The van der Waals surface area contributed by atoms with Gasteiger partial charge in [-0.25, -0.2) is 4.68 Å². The number of aromatic nitrogens is 2. The lowest BCUT2D eigenvalue weighted by atomic mass is 9.87. The Labute approximate surface area is 189 Å². The van der Waals surface area contributed by atoms with Crippen LogP contribution in [0.1, 0.15) is 58.8 Å². The number of benzene rings is 1. The van der Waals surface area contributed by atoms with Crippen molar-refractivity contribution in [1.29, 1.82) is 0 Å². The van der Waals surface area contributed by atoms with E-state index >= 15 is 0 Å². The van der Waals surface area contributed by atoms with E-state index in [0.29, 0.717) is 29.3 Å². The molecule has 0 radical (unpaired) electrons. The molecular weight excluding hydrogens is 404 g/mol. The van der Waals surface area contributed by atoms with E-state index in [1.165, 1.54) is 12.8 Å². The molecular formula is C24H34N6O2. The number of nitrogens with zero attached hydrogens (tertiary/aromatic N) is 4. The van der Waals surface area contributed by atoms with Crippen molar-refractivity contribution in [2.75, 3.05) is 39.0 Å². The zero-order valence-electron chi connectivity index (χ0n) is 19.7. The van der Waals surface area contributed by atoms with Gasteiger partial charge in [0.1, 0.15) is 0 Å². The largest absolute Gasteiger partial charge is 0.383 e. The number of primary amides is 1. The molecule has 4 rings (SSSR count). The van der Waals surface area contributed by atoms with E-state index in [0.717, 1.165) is 36.6 Å². The van der Waals surface area contributed by atoms with Crippen molar-refractivity contribution < 1.29 is 9.59 Å². The lowest BCUT2D eigenvalue weighted by Gasteiger charge is -2.42. The van der Waals surface area contributed by atoms with E-state index in [9.17, 15) is 9.59 Å². The van der Waals surface area contributed by atoms with Gasteiger partial charge in [-0.3, -0.25) is 9.59 Å². The maximum absolute atomic E-state index is 13.5. The van der Waals surface area contributed by atoms with Gasteiger partial charge in [-0.2, -0.15) is 5.10 Å². The van der Waals surface area contributed by atoms with E-state index < -0.39 is 5.91 Å². The maximum atomic E-state index is 13.5. The van der Waals surface area contributed by atoms with Crippen molar-refractivity contribution in [2.24, 2.45) is 11.7 Å². The average Bonchev–Trinajstić information content (AvgIpc) is 3.46. The van der Waals surface area contributed by atoms with Gasteiger partial charge in [0.2, 0.25) is 0 Å². The number of rotatable bonds is 8. The Kier molecular flexibility index (Phi) is 5.75. The van der Waals surface area contributed by atoms with Gasteiger partial charge in [0.05, 0.1) is 28.2 Å². The SMILES string of the molecule is Cc1nn(-c2ccc(C(N)=O)c(NCCN(C)C)c2)c2c1C(=O)N(CC1CC1)C(C)(C)C2. The fraction of sp³-hybridized carbons (Fsp3) is 0.542. The second-order valence-corrected chi connectivity index (χ2v) is 9.99. The van der Waals surface area contributed by atoms with E-state index in [4.69, 9.17) is 10.8 Å². The van der Waals surface area contributed by atoms with Gasteiger partial charge in [0.25, 0.3) is 11.8 Å². The van der Waals surface area contributed by atoms with Crippen molar-refractivity contribution in [2.45, 2.75) is 45.6 Å². The van der Waals surface area contributed by atoms with Crippen molar-refractivity contribution in [3.05, 3.63) is 40.7 Å². The van der Waals surface area contributed by atoms with Crippen LogP contribution in [0, 0.1) is 12.8 Å². The molecule has 0 bridgehead atoms. The predicted molar refractivity (Wildman–Crippen MR) is 125 cm³/mol. The van der Waals surface area contributed by atoms with Gasteiger partial charge in [-0.05, 0) is 71.8 Å². The van der Waals surface area contributed by atoms with Gasteiger partial charge in [0.15, 0.2) is 0 Å². The highest BCUT2D eigenvalue weighted by atomic mass is 16.2. The summed E-state index contributed by atoms with van der Waals surface area (Å²) in [5.74, 6) is 0.229. The Balaban J connectivity index is 1.72. The van der Waals surface area contributed by atoms with Crippen molar-refractivity contribution in [1.82, 2.24) is 19.6 Å². The lowest BCUT2D eigenvalue weighted by molar-refractivity contribution is 0.0487. The first kappa shape index (κ1) is 22.3. The summed E-state index contributed by atoms with van der Waals surface area (Å²) in [4.78, 5) is 29.5. The van der Waals surface area contributed by atoms with Crippen LogP contribution in [0.3, 0.4) is 0 Å². The molecule has 32 heavy (non-hydrogen) atoms. The molecule has 1 aromatic carbocycles. The van der Waals surface area contributed by atoms with Crippen LogP contribution in [-0.4, -0.2) is 70.7 Å². The summed E-state index contributed by atoms with van der Waals surface area (Å²) in [6, 6.07) is 5.47. The molecule has 0 atom stereocenters. The van der Waals surface area contributed by atoms with Crippen LogP contribution in [-0.2, 0) is 6.42 Å². The summed E-state index contributed by atoms with van der Waals surface area (Å²) in [6.45, 7) is 8.48. The molecule has 8 nitrogen and oxygen atoms in total. The zero-order chi connectivity index (χ0) is 23.2. The fourth-order valence-corrected chi connectivity index (χ4v) is 4.47. The number of amides is 2. The molecule has 1 aliphatic heterocycles. The predicted octanol–water partition coefficient (Wildman–Crippen LogP) is 2.44. The summed E-state index contributed by atoms with van der Waals surface area (Å²) < 4.78 is 1.86. The Hall–Kier alpha value is -2.87. The van der Waals surface area contributed by atoms with Gasteiger partial charge in [-0.15, -0.1) is 0 Å². The Morgan fingerprint density at radius 3 is 2.66 bits per heavy atom. The third kappa shape index (κ3) is 4.24. The number of fused-ring (bicyclic) bond motifs is 1. The minimum absolute atomic E-state index is 0.0741. The molecule has 1 aliphatic carbocycles. The number of nitrogens with one attached hydrogen (secondary N) is 1. The number of likely N-dealkylation sites (N-methyl/N-ethyl adjacent to an activating group) is 1. The molecule has 1 aromatic heterocycles. The van der Waals surface area contributed by atoms with Crippen LogP contribution in [0.5, 0.6) is 0 Å². The van der Waals surface area contributed by atoms with Crippen LogP contribution in [0.15, 0.2) is 18.2 Å². The second-order valence-electron chi connectivity index (χ2n) is 9.99. The van der Waals surface area contributed by atoms with Crippen molar-refractivity contribution in [3.63, 3.8) is 0 Å². The molecule has 2 amide bonds. The molecule has 8 heteroatoms. The molecule has 0 spiro atoms. The number of aryl methyl sites for hydroxylation is 1. The van der Waals surface area contributed by atoms with Gasteiger partial charge in [-0.1, -0.05) is 0 Å². The van der Waals surface area contributed by atoms with Gasteiger partial charge < -0.3 is 20.9 Å². The molecule has 1 fully saturated rings. The Bertz CT molecular complexity index is 1050. The van der Waals surface area contributed by atoms with Crippen LogP contribution in [0.25, 0.3) is 5.69 Å². The van der Waals surface area contributed by atoms with Crippen LogP contribution < -0.4 is 11.1 Å². The second kappa shape index (κ2) is 8.24. The number of hydrogen-bond acceptors (Lipinski definition) is 5. The van der Waals surface area contributed by atoms with E-state index in [1.54, 1.807) is 6.07 Å². The highest BCUT2D eigenvalue weighted by Crippen LogP contribution is 2.38. The molecule has 1 saturated carbocycles. The highest BCUT2D eigenvalue weighted by molar-refractivity contribution is 5.99. The smallest absolute Gasteiger partial charge is 0.258 e. The third-order valence-corrected chi connectivity index (χ3v) is 6.47. The van der Waals surface area contributed by atoms with E-state index in [1.807, 2.05) is 42.7 Å². The minimum atomic E-state index is -0.477. The van der Waals surface area contributed by atoms with Crippen LogP contribution in [0.2, 0.25) is 0 Å². The number of carbonyl (C=O) groups excluding carboxylic acids is 2. The minimum Gasteiger partial charge on any atom is -0.383 e. The molecule has 3 N–H and O–H groups in total. The van der Waals surface area contributed by atoms with Gasteiger partial charge >= 0.3 is 0 Å². The highest BCUT2D eigenvalue weighted by Gasteiger charge is 2.43. The molecule has 2 heterocycles. The molecule has 2 aliphatic rings. The quantitative estimate of drug-likeness (QED) is 0.660. The number of nitrogens with two attached hydrogens (primary N) is 1. The summed E-state index contributed by atoms with van der Waals surface area (Å²) in [7, 11) is 3.99. The number of hydrogen-bond donors (Lipinski definition) is 2. The molecule has 0 unspecified atom stereocenters. The van der Waals surface area contributed by atoms with E-state index in [2.05, 4.69) is 24.1 Å². The normalized spacial score (nSPS) is 17.6. The molecule has 2 aromatic rings. The summed E-state index contributed by atoms with van der Waals surface area (Å²) in [5.41, 5.74) is 9.63. The Morgan fingerprint density at radius 1 is 1.31 bits per heavy atom. The van der Waals surface area contributed by atoms with Crippen LogP contribution >= 0.6 is 0 Å². The van der Waals surface area contributed by atoms with Crippen molar-refractivity contribution >= 4 is 17.5 Å². The molecule has 172 valence electrons. The lowest BCUT2D eigenvalue weighted by Crippen LogP contribution is -2.53. The van der Waals surface area contributed by atoms with E-state index in [-0.39, 0.29) is 11.4 Å². The number of carbonyl (C=O) groups is 2. The van der Waals surface area contributed by atoms with Gasteiger partial charge in [0, 0.05) is 37.3 Å². The first-order chi connectivity index (χ1) is 15.1. The standard InChI is InChI=1S/C24H34N6O2/c1-15-21-20(13-24(2,3)29(23(21)32)14-16-6-7-16)30(27-15)17-8-9-18(22(25)31)19(12-17)26-10-11-28(4)5/h8-9,12,16,26H,6-7,10-11,13-14H2,1-5H3,(H2,25,31). The average molecular weight is 439 g/mol. The zero-order valence-corrected chi connectivity index (χ0v) is 19.7. The summed E-state index contributed by atoms with van der Waals surface area (Å²) in [5, 5.41) is 8.07. The number of anilines is 1. The topological polar surface area (TPSA) is 96.5 Å². The summed E-state index contributed by atoms with van der Waals surface area (Å²) >= 11 is 0. The summed E-state index contributed by atoms with van der Waals surface area (Å²) in [6.07, 6.45) is 3.14. The third-order valence-electron chi connectivity index (χ3n) is 6.47. The maximum Gasteiger partial charge on any atom is 0.258 e. The van der Waals surface area contributed by atoms with Crippen molar-refractivity contribution in [3.8, 4) is 5.69 Å². The van der Waals surface area contributed by atoms with Crippen LogP contribution in [0.4, 0.5) is 5.69 Å². The monoisotopic (exact) mass is 438 g/mol. The fourth-order valence-electron chi connectivity index (χ4n) is 4.47. The first-order valence-corrected chi connectivity index (χ1v) is 11.3.